The second-order valence-corrected chi connectivity index (χ2v) is 9.23. The second kappa shape index (κ2) is 8.97. The van der Waals surface area contributed by atoms with E-state index in [-0.39, 0.29) is 34.2 Å². The van der Waals surface area contributed by atoms with E-state index in [9.17, 15) is 24.0 Å². The third-order valence-corrected chi connectivity index (χ3v) is 6.76. The Labute approximate surface area is 195 Å². The number of likely N-dealkylation sites (tertiary alicyclic amines) is 1. The van der Waals surface area contributed by atoms with Crippen molar-refractivity contribution in [3.63, 3.8) is 0 Å². The standard InChI is InChI=1S/C23H24ClN3O6/c1-11(2)19(27-21(30)17-12-7-8-13(9-12)18(17)22(27)31)23(32)33-10-16(28)25-26-20(29)14-5-3-4-6-15(14)24/h3-8,11-13,17-19H,9-10H2,1-2H3,(H,25,28)(H,26,29)/t12-,13-,17-,18+,19+/m0/s1. The second-order valence-electron chi connectivity index (χ2n) is 8.83. The molecule has 1 saturated carbocycles. The van der Waals surface area contributed by atoms with Gasteiger partial charge in [-0.3, -0.25) is 34.9 Å². The van der Waals surface area contributed by atoms with Crippen molar-refractivity contribution in [1.29, 1.82) is 0 Å². The highest BCUT2D eigenvalue weighted by Crippen LogP contribution is 2.53. The molecule has 2 bridgehead atoms. The number of ether oxygens (including phenoxy) is 1. The third-order valence-electron chi connectivity index (χ3n) is 6.44. The molecule has 33 heavy (non-hydrogen) atoms. The van der Waals surface area contributed by atoms with Crippen molar-refractivity contribution in [3.8, 4) is 0 Å². The van der Waals surface area contributed by atoms with Gasteiger partial charge in [0.2, 0.25) is 11.8 Å². The predicted molar refractivity (Wildman–Crippen MR) is 116 cm³/mol. The van der Waals surface area contributed by atoms with Crippen molar-refractivity contribution in [2.45, 2.75) is 26.3 Å². The van der Waals surface area contributed by atoms with Gasteiger partial charge in [0, 0.05) is 0 Å². The van der Waals surface area contributed by atoms with E-state index >= 15 is 0 Å². The molecule has 1 saturated heterocycles. The van der Waals surface area contributed by atoms with Gasteiger partial charge in [0.15, 0.2) is 6.61 Å². The number of hydrogen-bond acceptors (Lipinski definition) is 6. The molecule has 3 aliphatic rings. The highest BCUT2D eigenvalue weighted by Gasteiger charge is 2.61. The smallest absolute Gasteiger partial charge is 0.330 e. The molecule has 4 rings (SSSR count). The van der Waals surface area contributed by atoms with Gasteiger partial charge in [0.05, 0.1) is 22.4 Å². The monoisotopic (exact) mass is 473 g/mol. The van der Waals surface area contributed by atoms with E-state index in [0.29, 0.717) is 0 Å². The first-order valence-corrected chi connectivity index (χ1v) is 11.1. The maximum Gasteiger partial charge on any atom is 0.330 e. The van der Waals surface area contributed by atoms with E-state index in [1.54, 1.807) is 26.0 Å². The molecule has 5 atom stereocenters. The Kier molecular flexibility index (Phi) is 6.25. The Morgan fingerprint density at radius 3 is 2.24 bits per heavy atom. The van der Waals surface area contributed by atoms with Crippen molar-refractivity contribution in [1.82, 2.24) is 15.8 Å². The minimum absolute atomic E-state index is 0.0257. The molecular formula is C23H24ClN3O6. The number of halogens is 1. The zero-order valence-corrected chi connectivity index (χ0v) is 18.9. The molecule has 4 amide bonds. The maximum absolute atomic E-state index is 13.0. The molecule has 1 heterocycles. The van der Waals surface area contributed by atoms with Gasteiger partial charge in [0.25, 0.3) is 11.8 Å². The number of allylic oxidation sites excluding steroid dienone is 2. The zero-order valence-electron chi connectivity index (χ0n) is 18.1. The van der Waals surface area contributed by atoms with Crippen LogP contribution in [-0.4, -0.2) is 47.1 Å². The van der Waals surface area contributed by atoms with Gasteiger partial charge in [0.1, 0.15) is 6.04 Å². The number of esters is 1. The van der Waals surface area contributed by atoms with Gasteiger partial charge < -0.3 is 4.74 Å². The number of imide groups is 1. The fourth-order valence-electron chi connectivity index (χ4n) is 4.97. The first kappa shape index (κ1) is 23.0. The summed E-state index contributed by atoms with van der Waals surface area (Å²) in [4.78, 5) is 64.1. The van der Waals surface area contributed by atoms with Gasteiger partial charge in [-0.1, -0.05) is 49.7 Å². The van der Waals surface area contributed by atoms with Gasteiger partial charge in [-0.05, 0) is 36.3 Å². The summed E-state index contributed by atoms with van der Waals surface area (Å²) in [5.74, 6) is -4.18. The van der Waals surface area contributed by atoms with Crippen LogP contribution in [0.4, 0.5) is 0 Å². The molecule has 10 heteroatoms. The van der Waals surface area contributed by atoms with Crippen molar-refractivity contribution < 1.29 is 28.7 Å². The molecule has 174 valence electrons. The average Bonchev–Trinajstić information content (AvgIpc) is 3.46. The predicted octanol–water partition coefficient (Wildman–Crippen LogP) is 1.48. The molecule has 0 unspecified atom stereocenters. The highest BCUT2D eigenvalue weighted by molar-refractivity contribution is 6.33. The largest absolute Gasteiger partial charge is 0.454 e. The van der Waals surface area contributed by atoms with Gasteiger partial charge in [-0.15, -0.1) is 0 Å². The van der Waals surface area contributed by atoms with E-state index in [2.05, 4.69) is 10.9 Å². The van der Waals surface area contributed by atoms with Crippen molar-refractivity contribution in [2.24, 2.45) is 29.6 Å². The summed E-state index contributed by atoms with van der Waals surface area (Å²) in [6, 6.07) is 5.17. The van der Waals surface area contributed by atoms with Crippen molar-refractivity contribution >= 4 is 41.2 Å². The molecule has 9 nitrogen and oxygen atoms in total. The normalized spacial score (nSPS) is 25.9. The summed E-state index contributed by atoms with van der Waals surface area (Å²) in [7, 11) is 0. The fraction of sp³-hybridized carbons (Fsp3) is 0.435. The van der Waals surface area contributed by atoms with Crippen LogP contribution in [-0.2, 0) is 23.9 Å². The Morgan fingerprint density at radius 2 is 1.67 bits per heavy atom. The third kappa shape index (κ3) is 4.13. The lowest BCUT2D eigenvalue weighted by Gasteiger charge is -2.28. The lowest BCUT2D eigenvalue weighted by molar-refractivity contribution is -0.162. The number of rotatable bonds is 6. The SMILES string of the molecule is CC(C)[C@H](C(=O)OCC(=O)NNC(=O)c1ccccc1Cl)N1C(=O)[C@@H]2[C@H](C1=O)[C@H]1C=C[C@H]2C1. The Bertz CT molecular complexity index is 1020. The Balaban J connectivity index is 1.34. The topological polar surface area (TPSA) is 122 Å². The summed E-state index contributed by atoms with van der Waals surface area (Å²) in [6.07, 6.45) is 4.74. The lowest BCUT2D eigenvalue weighted by atomic mass is 9.85. The summed E-state index contributed by atoms with van der Waals surface area (Å²) < 4.78 is 5.10. The first-order chi connectivity index (χ1) is 15.7. The summed E-state index contributed by atoms with van der Waals surface area (Å²) >= 11 is 5.94. The van der Waals surface area contributed by atoms with Gasteiger partial charge in [-0.25, -0.2) is 4.79 Å². The molecule has 0 spiro atoms. The minimum atomic E-state index is -1.12. The minimum Gasteiger partial charge on any atom is -0.454 e. The van der Waals surface area contributed by atoms with Crippen LogP contribution < -0.4 is 10.9 Å². The average molecular weight is 474 g/mol. The van der Waals surface area contributed by atoms with Crippen LogP contribution in [0.15, 0.2) is 36.4 Å². The first-order valence-electron chi connectivity index (χ1n) is 10.8. The zero-order chi connectivity index (χ0) is 23.9. The Hall–Kier alpha value is -3.20. The molecule has 2 fully saturated rings. The van der Waals surface area contributed by atoms with Crippen LogP contribution in [0.3, 0.4) is 0 Å². The number of amides is 4. The fourth-order valence-corrected chi connectivity index (χ4v) is 5.19. The molecule has 1 aromatic carbocycles. The van der Waals surface area contributed by atoms with Gasteiger partial charge >= 0.3 is 5.97 Å². The maximum atomic E-state index is 13.0. The van der Waals surface area contributed by atoms with Crippen molar-refractivity contribution in [3.05, 3.63) is 47.0 Å². The highest BCUT2D eigenvalue weighted by atomic mass is 35.5. The van der Waals surface area contributed by atoms with Gasteiger partial charge in [-0.2, -0.15) is 0 Å². The van der Waals surface area contributed by atoms with E-state index in [4.69, 9.17) is 16.3 Å². The molecule has 1 aliphatic heterocycles. The van der Waals surface area contributed by atoms with Crippen LogP contribution in [0.5, 0.6) is 0 Å². The number of hydrogen-bond donors (Lipinski definition) is 2. The van der Waals surface area contributed by atoms with E-state index in [1.807, 2.05) is 12.2 Å². The van der Waals surface area contributed by atoms with Crippen molar-refractivity contribution in [2.75, 3.05) is 6.61 Å². The number of fused-ring (bicyclic) bond motifs is 5. The Morgan fingerprint density at radius 1 is 1.06 bits per heavy atom. The molecule has 2 N–H and O–H groups in total. The number of benzene rings is 1. The van der Waals surface area contributed by atoms with E-state index in [0.717, 1.165) is 11.3 Å². The van der Waals surface area contributed by atoms with Crippen LogP contribution in [0.25, 0.3) is 0 Å². The number of nitrogens with one attached hydrogen (secondary N) is 2. The number of hydrazine groups is 1. The van der Waals surface area contributed by atoms with Crippen LogP contribution in [0, 0.1) is 29.6 Å². The number of carbonyl (C=O) groups is 5. The number of carbonyl (C=O) groups excluding carboxylic acids is 5. The molecule has 0 aromatic heterocycles. The summed E-state index contributed by atoms with van der Waals surface area (Å²) in [5.41, 5.74) is 4.49. The summed E-state index contributed by atoms with van der Waals surface area (Å²) in [5, 5.41) is 0.212. The lowest BCUT2D eigenvalue weighted by Crippen LogP contribution is -2.50. The quantitative estimate of drug-likeness (QED) is 0.279. The molecule has 2 aliphatic carbocycles. The van der Waals surface area contributed by atoms with Crippen LogP contribution >= 0.6 is 11.6 Å². The van der Waals surface area contributed by atoms with E-state index in [1.165, 1.54) is 12.1 Å². The summed E-state index contributed by atoms with van der Waals surface area (Å²) in [6.45, 7) is 2.72. The van der Waals surface area contributed by atoms with Crippen LogP contribution in [0.2, 0.25) is 5.02 Å². The van der Waals surface area contributed by atoms with Crippen LogP contribution in [0.1, 0.15) is 30.6 Å². The molecular weight excluding hydrogens is 450 g/mol. The number of nitrogens with zero attached hydrogens (tertiary/aromatic N) is 1. The molecule has 1 aromatic rings. The van der Waals surface area contributed by atoms with E-state index < -0.39 is 48.2 Å². The molecule has 0 radical (unpaired) electrons.